The maximum Gasteiger partial charge on any atom is 0.306 e. The zero-order valence-electron chi connectivity index (χ0n) is 32.5. The molecular weight excluding hydrogens is 696 g/mol. The zero-order chi connectivity index (χ0) is 38.6. The number of carboxylic acids is 1. The van der Waals surface area contributed by atoms with E-state index in [4.69, 9.17) is 9.72 Å². The molecule has 2 fully saturated rings. The van der Waals surface area contributed by atoms with E-state index in [1.54, 1.807) is 19.4 Å². The van der Waals surface area contributed by atoms with Crippen LogP contribution >= 0.6 is 0 Å². The van der Waals surface area contributed by atoms with Gasteiger partial charge in [-0.25, -0.2) is 9.37 Å². The number of carbonyl (C=O) groups excluding carboxylic acids is 1. The molecule has 290 valence electrons. The number of benzene rings is 2. The number of hydrogen-bond acceptors (Lipinski definition) is 7. The van der Waals surface area contributed by atoms with E-state index in [0.717, 1.165) is 110 Å². The van der Waals surface area contributed by atoms with Crippen LogP contribution in [0.25, 0.3) is 23.0 Å². The molecule has 11 heteroatoms. The third-order valence-corrected chi connectivity index (χ3v) is 12.0. The second kappa shape index (κ2) is 16.9. The molecule has 0 spiro atoms. The molecule has 1 amide bonds. The van der Waals surface area contributed by atoms with Gasteiger partial charge in [0, 0.05) is 68.9 Å². The lowest BCUT2D eigenvalue weighted by molar-refractivity contribution is -0.143. The van der Waals surface area contributed by atoms with Crippen LogP contribution in [0.1, 0.15) is 94.9 Å². The predicted octanol–water partition coefficient (Wildman–Crippen LogP) is 8.06. The molecule has 0 bridgehead atoms. The molecule has 2 aliphatic heterocycles. The Morgan fingerprint density at radius 3 is 2.44 bits per heavy atom. The maximum absolute atomic E-state index is 15.8. The van der Waals surface area contributed by atoms with Gasteiger partial charge in [0.1, 0.15) is 17.3 Å². The first-order valence-electron chi connectivity index (χ1n) is 19.7. The molecule has 4 aromatic rings. The van der Waals surface area contributed by atoms with E-state index in [2.05, 4.69) is 20.1 Å². The molecule has 1 saturated carbocycles. The Balaban J connectivity index is 1.04. The van der Waals surface area contributed by atoms with Crippen LogP contribution in [0.2, 0.25) is 0 Å². The van der Waals surface area contributed by atoms with Crippen molar-refractivity contribution in [2.75, 3.05) is 38.6 Å². The quantitative estimate of drug-likeness (QED) is 0.159. The number of likely N-dealkylation sites (tertiary alicyclic amines) is 1. The number of hydrogen-bond donors (Lipinski definition) is 2. The highest BCUT2D eigenvalue weighted by atomic mass is 19.1. The number of carboxylic acid groups (broad SMARTS) is 1. The maximum atomic E-state index is 15.8. The van der Waals surface area contributed by atoms with Crippen molar-refractivity contribution in [3.05, 3.63) is 93.8 Å². The van der Waals surface area contributed by atoms with Crippen molar-refractivity contribution in [1.82, 2.24) is 24.3 Å². The molecule has 0 radical (unpaired) electrons. The fraction of sp³-hybridized carbons (Fsp3) is 0.455. The van der Waals surface area contributed by atoms with Crippen LogP contribution in [0.5, 0.6) is 5.75 Å². The van der Waals surface area contributed by atoms with Crippen molar-refractivity contribution in [3.8, 4) is 16.9 Å². The zero-order valence-corrected chi connectivity index (χ0v) is 32.5. The van der Waals surface area contributed by atoms with Gasteiger partial charge < -0.3 is 19.7 Å². The summed E-state index contributed by atoms with van der Waals surface area (Å²) in [5.41, 5.74) is 8.33. The van der Waals surface area contributed by atoms with Crippen molar-refractivity contribution >= 4 is 29.5 Å². The molecule has 2 N–H and O–H groups in total. The third kappa shape index (κ3) is 8.53. The van der Waals surface area contributed by atoms with Crippen LogP contribution in [0.4, 0.5) is 10.1 Å². The number of piperidine rings is 1. The number of nitrogens with zero attached hydrogens (tertiary/aromatic N) is 5. The summed E-state index contributed by atoms with van der Waals surface area (Å²) in [6, 6.07) is 13.4. The number of halogens is 1. The number of carbonyl (C=O) groups is 2. The minimum Gasteiger partial charge on any atom is -0.496 e. The Labute approximate surface area is 323 Å². The number of aromatic nitrogens is 3. The van der Waals surface area contributed by atoms with Crippen LogP contribution in [-0.2, 0) is 31.4 Å². The summed E-state index contributed by atoms with van der Waals surface area (Å²) in [4.78, 5) is 39.2. The monoisotopic (exact) mass is 748 g/mol. The van der Waals surface area contributed by atoms with Crippen molar-refractivity contribution < 1.29 is 23.8 Å². The largest absolute Gasteiger partial charge is 0.496 e. The van der Waals surface area contributed by atoms with Crippen molar-refractivity contribution in [2.45, 2.75) is 78.3 Å². The molecule has 0 atom stereocenters. The van der Waals surface area contributed by atoms with E-state index in [1.165, 1.54) is 25.3 Å². The number of amides is 1. The van der Waals surface area contributed by atoms with Gasteiger partial charge in [0.05, 0.1) is 18.7 Å². The van der Waals surface area contributed by atoms with E-state index < -0.39 is 11.8 Å². The number of anilines is 1. The van der Waals surface area contributed by atoms with Gasteiger partial charge in [0.2, 0.25) is 0 Å². The standard InChI is InChI=1S/C44H53FN6O4/c1-28-32(22-36(45)38-23-41(55-4)33(24-46-38)26-50-19-6-5-7-20-50)10-8-11-34(28)35-12-9-13-37(29(35)2)48-43(52)42-47-39-27-51(21-18-40(39)49(42)3)25-30-14-16-31(17-15-30)44(53)54/h8-13,22-24,30-31H,5-7,14-21,25-27H2,1-4H3,(H,48,52)(H,53,54)/b36-22-/t30-,31-. The molecule has 7 rings (SSSR count). The van der Waals surface area contributed by atoms with E-state index in [1.807, 2.05) is 61.9 Å². The van der Waals surface area contributed by atoms with E-state index >= 15 is 4.39 Å². The summed E-state index contributed by atoms with van der Waals surface area (Å²) < 4.78 is 23.4. The van der Waals surface area contributed by atoms with E-state index in [-0.39, 0.29) is 17.5 Å². The Morgan fingerprint density at radius 1 is 0.982 bits per heavy atom. The van der Waals surface area contributed by atoms with E-state index in [0.29, 0.717) is 29.7 Å². The minimum atomic E-state index is -0.674. The van der Waals surface area contributed by atoms with Gasteiger partial charge in [-0.15, -0.1) is 0 Å². The highest BCUT2D eigenvalue weighted by molar-refractivity contribution is 6.03. The lowest BCUT2D eigenvalue weighted by Crippen LogP contribution is -2.36. The Hall–Kier alpha value is -4.87. The normalized spacial score (nSPS) is 19.5. The topological polar surface area (TPSA) is 113 Å². The van der Waals surface area contributed by atoms with Gasteiger partial charge in [0.15, 0.2) is 5.82 Å². The fourth-order valence-electron chi connectivity index (χ4n) is 8.71. The number of aliphatic carboxylic acids is 1. The summed E-state index contributed by atoms with van der Waals surface area (Å²) in [5, 5.41) is 12.5. The highest BCUT2D eigenvalue weighted by Gasteiger charge is 2.30. The molecule has 10 nitrogen and oxygen atoms in total. The molecule has 55 heavy (non-hydrogen) atoms. The number of rotatable bonds is 11. The van der Waals surface area contributed by atoms with Gasteiger partial charge in [-0.2, -0.15) is 0 Å². The van der Waals surface area contributed by atoms with Crippen LogP contribution in [0.3, 0.4) is 0 Å². The summed E-state index contributed by atoms with van der Waals surface area (Å²) in [5.74, 6) is -0.0853. The SMILES string of the molecule is COc1cc(/C(F)=C/c2cccc(-c3cccc(NC(=O)c4nc5c(n4C)CCN(C[C@H]4CC[C@H](C(=O)O)CC4)C5)c3C)c2C)ncc1CN1CCCCC1. The van der Waals surface area contributed by atoms with Crippen LogP contribution in [0.15, 0.2) is 48.7 Å². The summed E-state index contributed by atoms with van der Waals surface area (Å²) in [6.45, 7) is 9.32. The number of nitrogens with one attached hydrogen (secondary N) is 1. The Bertz CT molecular complexity index is 2080. The fourth-order valence-corrected chi connectivity index (χ4v) is 8.71. The first-order valence-corrected chi connectivity index (χ1v) is 19.7. The number of methoxy groups -OCH3 is 1. The van der Waals surface area contributed by atoms with Crippen molar-refractivity contribution in [1.29, 1.82) is 0 Å². The smallest absolute Gasteiger partial charge is 0.306 e. The van der Waals surface area contributed by atoms with Crippen LogP contribution in [0, 0.1) is 25.7 Å². The molecule has 0 unspecified atom stereocenters. The molecule has 3 aliphatic rings. The first-order chi connectivity index (χ1) is 26.6. The third-order valence-electron chi connectivity index (χ3n) is 12.0. The van der Waals surface area contributed by atoms with Crippen LogP contribution < -0.4 is 10.1 Å². The van der Waals surface area contributed by atoms with Crippen molar-refractivity contribution in [2.24, 2.45) is 18.9 Å². The number of ether oxygens (including phenoxy) is 1. The molecule has 1 saturated heterocycles. The Kier molecular flexibility index (Phi) is 11.8. The summed E-state index contributed by atoms with van der Waals surface area (Å²) in [6.07, 6.45) is 11.1. The second-order valence-electron chi connectivity index (χ2n) is 15.6. The van der Waals surface area contributed by atoms with Gasteiger partial charge in [-0.05, 0) is 111 Å². The van der Waals surface area contributed by atoms with E-state index in [9.17, 15) is 14.7 Å². The average molecular weight is 749 g/mol. The summed E-state index contributed by atoms with van der Waals surface area (Å²) >= 11 is 0. The van der Waals surface area contributed by atoms with Gasteiger partial charge in [-0.1, -0.05) is 36.8 Å². The minimum absolute atomic E-state index is 0.211. The lowest BCUT2D eigenvalue weighted by atomic mass is 9.81. The van der Waals surface area contributed by atoms with Crippen molar-refractivity contribution in [3.63, 3.8) is 0 Å². The summed E-state index contributed by atoms with van der Waals surface area (Å²) in [7, 11) is 3.52. The van der Waals surface area contributed by atoms with Gasteiger partial charge in [0.25, 0.3) is 5.91 Å². The number of imidazole rings is 1. The molecule has 4 heterocycles. The average Bonchev–Trinajstić information content (AvgIpc) is 3.52. The lowest BCUT2D eigenvalue weighted by Gasteiger charge is -2.33. The Morgan fingerprint density at radius 2 is 1.71 bits per heavy atom. The molecular formula is C44H53FN6O4. The van der Waals surface area contributed by atoms with Crippen LogP contribution in [-0.4, -0.2) is 74.6 Å². The first kappa shape index (κ1) is 38.4. The predicted molar refractivity (Wildman–Crippen MR) is 213 cm³/mol. The molecule has 2 aromatic carbocycles. The van der Waals surface area contributed by atoms with Gasteiger partial charge >= 0.3 is 5.97 Å². The second-order valence-corrected chi connectivity index (χ2v) is 15.6. The molecule has 2 aromatic heterocycles. The number of fused-ring (bicyclic) bond motifs is 1. The highest BCUT2D eigenvalue weighted by Crippen LogP contribution is 2.35. The number of pyridine rings is 1. The molecule has 1 aliphatic carbocycles. The van der Waals surface area contributed by atoms with Gasteiger partial charge in [-0.3, -0.25) is 24.4 Å².